The number of hydrogen-bond acceptors (Lipinski definition) is 4. The van der Waals surface area contributed by atoms with Gasteiger partial charge in [0.1, 0.15) is 0 Å². The minimum Gasteiger partial charge on any atom is -0.493 e. The molecule has 0 spiro atoms. The molecule has 1 aromatic carbocycles. The lowest BCUT2D eigenvalue weighted by molar-refractivity contribution is -0.138. The minimum atomic E-state index is -0.872. The summed E-state index contributed by atoms with van der Waals surface area (Å²) < 4.78 is 11.0. The maximum Gasteiger partial charge on any atom is 0.312 e. The Morgan fingerprint density at radius 2 is 1.95 bits per heavy atom. The molecule has 1 aromatic heterocycles. The lowest BCUT2D eigenvalue weighted by Crippen LogP contribution is -2.13. The highest BCUT2D eigenvalue weighted by Gasteiger charge is 2.22. The number of carboxylic acid groups (broad SMARTS) is 1. The van der Waals surface area contributed by atoms with Gasteiger partial charge in [-0.25, -0.2) is 0 Å². The van der Waals surface area contributed by atoms with Gasteiger partial charge in [-0.15, -0.1) is 11.3 Å². The first-order chi connectivity index (χ1) is 10.0. The Bertz CT molecular complexity index is 638. The van der Waals surface area contributed by atoms with Gasteiger partial charge in [-0.1, -0.05) is 17.7 Å². The molecule has 1 atom stereocenters. The van der Waals surface area contributed by atoms with E-state index in [1.807, 2.05) is 6.07 Å². The number of carboxylic acids is 1. The van der Waals surface area contributed by atoms with E-state index < -0.39 is 11.9 Å². The van der Waals surface area contributed by atoms with Crippen LogP contribution in [-0.2, 0) is 11.2 Å². The van der Waals surface area contributed by atoms with Crippen LogP contribution in [0.15, 0.2) is 30.3 Å². The molecule has 0 fully saturated rings. The van der Waals surface area contributed by atoms with Crippen LogP contribution in [0.25, 0.3) is 0 Å². The number of aliphatic carboxylic acids is 1. The third kappa shape index (κ3) is 3.68. The molecule has 112 valence electrons. The highest BCUT2D eigenvalue weighted by molar-refractivity contribution is 7.16. The molecule has 2 rings (SSSR count). The molecule has 0 bridgehead atoms. The van der Waals surface area contributed by atoms with Crippen molar-refractivity contribution in [3.63, 3.8) is 0 Å². The fraction of sp³-hybridized carbons (Fsp3) is 0.267. The summed E-state index contributed by atoms with van der Waals surface area (Å²) in [6, 6.07) is 8.88. The quantitative estimate of drug-likeness (QED) is 0.876. The average Bonchev–Trinajstić information content (AvgIpc) is 2.90. The van der Waals surface area contributed by atoms with Crippen LogP contribution in [0.5, 0.6) is 11.5 Å². The number of benzene rings is 1. The zero-order valence-electron chi connectivity index (χ0n) is 11.6. The smallest absolute Gasteiger partial charge is 0.312 e. The predicted octanol–water partition coefficient (Wildman–Crippen LogP) is 3.83. The van der Waals surface area contributed by atoms with E-state index in [1.165, 1.54) is 11.3 Å². The fourth-order valence-corrected chi connectivity index (χ4v) is 3.22. The van der Waals surface area contributed by atoms with Crippen LogP contribution < -0.4 is 9.47 Å². The molecule has 6 heteroatoms. The maximum atomic E-state index is 11.5. The van der Waals surface area contributed by atoms with Gasteiger partial charge in [0, 0.05) is 4.88 Å². The predicted molar refractivity (Wildman–Crippen MR) is 83.0 cm³/mol. The van der Waals surface area contributed by atoms with E-state index in [1.54, 1.807) is 38.5 Å². The molecule has 0 aliphatic carbocycles. The Labute approximate surface area is 131 Å². The van der Waals surface area contributed by atoms with Crippen molar-refractivity contribution in [1.82, 2.24) is 0 Å². The monoisotopic (exact) mass is 326 g/mol. The second-order valence-electron chi connectivity index (χ2n) is 4.43. The number of carbonyl (C=O) groups is 1. The summed E-state index contributed by atoms with van der Waals surface area (Å²) in [5, 5.41) is 9.43. The number of methoxy groups -OCH3 is 2. The summed E-state index contributed by atoms with van der Waals surface area (Å²) in [6.45, 7) is 0. The molecule has 0 saturated heterocycles. The van der Waals surface area contributed by atoms with E-state index in [2.05, 4.69) is 0 Å². The van der Waals surface area contributed by atoms with Crippen LogP contribution in [0.2, 0.25) is 4.34 Å². The van der Waals surface area contributed by atoms with Gasteiger partial charge in [0.25, 0.3) is 0 Å². The molecule has 1 N–H and O–H groups in total. The van der Waals surface area contributed by atoms with Crippen molar-refractivity contribution in [2.45, 2.75) is 12.3 Å². The molecule has 0 amide bonds. The van der Waals surface area contributed by atoms with Crippen molar-refractivity contribution < 1.29 is 19.4 Å². The summed E-state index contributed by atoms with van der Waals surface area (Å²) in [5.74, 6) is -0.292. The summed E-state index contributed by atoms with van der Waals surface area (Å²) in [4.78, 5) is 12.2. The molecule has 0 saturated carbocycles. The average molecular weight is 327 g/mol. The summed E-state index contributed by atoms with van der Waals surface area (Å²) in [5.41, 5.74) is 0.865. The topological polar surface area (TPSA) is 55.8 Å². The highest BCUT2D eigenvalue weighted by Crippen LogP contribution is 2.33. The maximum absolute atomic E-state index is 11.5. The molecule has 4 nitrogen and oxygen atoms in total. The van der Waals surface area contributed by atoms with E-state index in [0.717, 1.165) is 10.4 Å². The zero-order chi connectivity index (χ0) is 15.4. The standard InChI is InChI=1S/C15H15ClO4S/c1-19-11-4-3-9(8-12(11)20-2)7-10(15(17)18)13-5-6-14(16)21-13/h3-6,8,10H,7H2,1-2H3,(H,17,18). The Hall–Kier alpha value is -1.72. The minimum absolute atomic E-state index is 0.368. The van der Waals surface area contributed by atoms with Crippen molar-refractivity contribution in [3.05, 3.63) is 45.1 Å². The third-order valence-electron chi connectivity index (χ3n) is 3.12. The number of halogens is 1. The molecule has 0 radical (unpaired) electrons. The van der Waals surface area contributed by atoms with Gasteiger partial charge < -0.3 is 14.6 Å². The SMILES string of the molecule is COc1ccc(CC(C(=O)O)c2ccc(Cl)s2)cc1OC. The van der Waals surface area contributed by atoms with Crippen molar-refractivity contribution in [2.24, 2.45) is 0 Å². The molecule has 0 aliphatic heterocycles. The van der Waals surface area contributed by atoms with Gasteiger partial charge in [0.15, 0.2) is 11.5 Å². The second-order valence-corrected chi connectivity index (χ2v) is 6.17. The zero-order valence-corrected chi connectivity index (χ0v) is 13.2. The van der Waals surface area contributed by atoms with Crippen molar-refractivity contribution >= 4 is 28.9 Å². The van der Waals surface area contributed by atoms with E-state index in [9.17, 15) is 9.90 Å². The van der Waals surface area contributed by atoms with Gasteiger partial charge in [0.05, 0.1) is 24.5 Å². The number of rotatable bonds is 6. The molecular formula is C15H15ClO4S. The van der Waals surface area contributed by atoms with Crippen molar-refractivity contribution in [2.75, 3.05) is 14.2 Å². The van der Waals surface area contributed by atoms with Gasteiger partial charge >= 0.3 is 5.97 Å². The van der Waals surface area contributed by atoms with Gasteiger partial charge in [-0.05, 0) is 36.2 Å². The van der Waals surface area contributed by atoms with Crippen LogP contribution >= 0.6 is 22.9 Å². The largest absolute Gasteiger partial charge is 0.493 e. The van der Waals surface area contributed by atoms with Crippen LogP contribution in [0.4, 0.5) is 0 Å². The van der Waals surface area contributed by atoms with E-state index in [-0.39, 0.29) is 0 Å². The van der Waals surface area contributed by atoms with Crippen LogP contribution in [0.3, 0.4) is 0 Å². The van der Waals surface area contributed by atoms with Crippen molar-refractivity contribution in [3.8, 4) is 11.5 Å². The van der Waals surface area contributed by atoms with Gasteiger partial charge in [-0.3, -0.25) is 4.79 Å². The molecular weight excluding hydrogens is 312 g/mol. The summed E-state index contributed by atoms with van der Waals surface area (Å²) in [7, 11) is 3.11. The molecule has 21 heavy (non-hydrogen) atoms. The van der Waals surface area contributed by atoms with Gasteiger partial charge in [0.2, 0.25) is 0 Å². The second kappa shape index (κ2) is 6.83. The van der Waals surface area contributed by atoms with Crippen molar-refractivity contribution in [1.29, 1.82) is 0 Å². The first-order valence-corrected chi connectivity index (χ1v) is 7.43. The van der Waals surface area contributed by atoms with Gasteiger partial charge in [-0.2, -0.15) is 0 Å². The Morgan fingerprint density at radius 3 is 2.48 bits per heavy atom. The number of ether oxygens (including phenoxy) is 2. The Morgan fingerprint density at radius 1 is 1.24 bits per heavy atom. The summed E-state index contributed by atoms with van der Waals surface area (Å²) >= 11 is 7.18. The van der Waals surface area contributed by atoms with Crippen LogP contribution in [-0.4, -0.2) is 25.3 Å². The fourth-order valence-electron chi connectivity index (χ4n) is 2.07. The van der Waals surface area contributed by atoms with E-state index >= 15 is 0 Å². The Kier molecular flexibility index (Phi) is 5.09. The lowest BCUT2D eigenvalue weighted by atomic mass is 9.97. The molecule has 0 aliphatic rings. The molecule has 1 unspecified atom stereocenters. The molecule has 1 heterocycles. The number of hydrogen-bond donors (Lipinski definition) is 1. The first-order valence-electron chi connectivity index (χ1n) is 6.24. The van der Waals surface area contributed by atoms with E-state index in [4.69, 9.17) is 21.1 Å². The van der Waals surface area contributed by atoms with Crippen LogP contribution in [0.1, 0.15) is 16.4 Å². The first kappa shape index (κ1) is 15.7. The normalized spacial score (nSPS) is 12.0. The highest BCUT2D eigenvalue weighted by atomic mass is 35.5. The van der Waals surface area contributed by atoms with E-state index in [0.29, 0.717) is 22.3 Å². The third-order valence-corrected chi connectivity index (χ3v) is 4.47. The molecule has 2 aromatic rings. The van der Waals surface area contributed by atoms with Crippen LogP contribution in [0, 0.1) is 0 Å². The lowest BCUT2D eigenvalue weighted by Gasteiger charge is -2.13. The summed E-state index contributed by atoms with van der Waals surface area (Å²) in [6.07, 6.45) is 0.368. The number of thiophene rings is 1. The Balaban J connectivity index is 2.27.